The Bertz CT molecular complexity index is 1010. The van der Waals surface area contributed by atoms with Crippen LogP contribution in [0.2, 0.25) is 5.02 Å². The monoisotopic (exact) mass is 417 g/mol. The van der Waals surface area contributed by atoms with Crippen LogP contribution in [0.3, 0.4) is 0 Å². The molecular formula is C20H16ClNO5S. The number of nitrogens with one attached hydrogen (secondary N) is 1. The predicted octanol–water partition coefficient (Wildman–Crippen LogP) is 5.04. The molecule has 144 valence electrons. The van der Waals surface area contributed by atoms with Crippen LogP contribution in [0.1, 0.15) is 20.7 Å². The second-order valence-corrected chi connectivity index (χ2v) is 6.97. The van der Waals surface area contributed by atoms with Gasteiger partial charge in [-0.2, -0.15) is 0 Å². The average molecular weight is 418 g/mol. The number of hydrogen-bond donors (Lipinski definition) is 2. The van der Waals surface area contributed by atoms with Gasteiger partial charge in [0.15, 0.2) is 0 Å². The SMILES string of the molecule is COc1cccc(OC)c1C(=O)Nc1scc(-c2ccc(Cl)cc2)c1C(=O)O. The van der Waals surface area contributed by atoms with E-state index in [4.69, 9.17) is 21.1 Å². The van der Waals surface area contributed by atoms with Gasteiger partial charge in [-0.05, 0) is 29.8 Å². The van der Waals surface area contributed by atoms with E-state index in [0.29, 0.717) is 27.6 Å². The molecule has 3 rings (SSSR count). The number of carbonyl (C=O) groups excluding carboxylic acids is 1. The Labute approximate surface area is 170 Å². The van der Waals surface area contributed by atoms with Crippen molar-refractivity contribution >= 4 is 39.8 Å². The molecule has 1 amide bonds. The summed E-state index contributed by atoms with van der Waals surface area (Å²) in [6.07, 6.45) is 0. The van der Waals surface area contributed by atoms with E-state index in [2.05, 4.69) is 5.32 Å². The van der Waals surface area contributed by atoms with Crippen LogP contribution in [0.4, 0.5) is 5.00 Å². The molecule has 0 spiro atoms. The van der Waals surface area contributed by atoms with E-state index in [1.54, 1.807) is 47.8 Å². The normalized spacial score (nSPS) is 10.4. The molecule has 0 unspecified atom stereocenters. The quantitative estimate of drug-likeness (QED) is 0.587. The molecule has 0 aliphatic rings. The number of rotatable bonds is 6. The number of carboxylic acid groups (broad SMARTS) is 1. The summed E-state index contributed by atoms with van der Waals surface area (Å²) in [6.45, 7) is 0. The Kier molecular flexibility index (Phi) is 5.87. The second-order valence-electron chi connectivity index (χ2n) is 5.66. The van der Waals surface area contributed by atoms with E-state index < -0.39 is 11.9 Å². The van der Waals surface area contributed by atoms with Crippen LogP contribution in [0.25, 0.3) is 11.1 Å². The van der Waals surface area contributed by atoms with Crippen molar-refractivity contribution in [3.8, 4) is 22.6 Å². The summed E-state index contributed by atoms with van der Waals surface area (Å²) in [4.78, 5) is 24.8. The minimum atomic E-state index is -1.14. The number of thiophene rings is 1. The Morgan fingerprint density at radius 3 is 2.14 bits per heavy atom. The summed E-state index contributed by atoms with van der Waals surface area (Å²) in [7, 11) is 2.88. The Hall–Kier alpha value is -3.03. The Balaban J connectivity index is 2.01. The van der Waals surface area contributed by atoms with Crippen LogP contribution in [0, 0.1) is 0 Å². The number of ether oxygens (including phenoxy) is 2. The smallest absolute Gasteiger partial charge is 0.339 e. The van der Waals surface area contributed by atoms with Gasteiger partial charge in [-0.15, -0.1) is 11.3 Å². The maximum absolute atomic E-state index is 12.9. The maximum Gasteiger partial charge on any atom is 0.339 e. The first kappa shape index (κ1) is 19.7. The molecule has 0 bridgehead atoms. The van der Waals surface area contributed by atoms with Gasteiger partial charge >= 0.3 is 5.97 Å². The molecule has 0 saturated heterocycles. The molecule has 3 aromatic rings. The molecule has 1 aromatic heterocycles. The molecule has 0 fully saturated rings. The van der Waals surface area contributed by atoms with Crippen molar-refractivity contribution in [1.82, 2.24) is 0 Å². The third-order valence-electron chi connectivity index (χ3n) is 4.04. The summed E-state index contributed by atoms with van der Waals surface area (Å²) in [6, 6.07) is 11.8. The summed E-state index contributed by atoms with van der Waals surface area (Å²) < 4.78 is 10.5. The minimum absolute atomic E-state index is 0.00883. The van der Waals surface area contributed by atoms with Crippen molar-refractivity contribution in [3.63, 3.8) is 0 Å². The third-order valence-corrected chi connectivity index (χ3v) is 5.19. The van der Waals surface area contributed by atoms with Gasteiger partial charge in [0.25, 0.3) is 5.91 Å². The first-order chi connectivity index (χ1) is 13.5. The summed E-state index contributed by atoms with van der Waals surface area (Å²) in [5.74, 6) is -1.03. The van der Waals surface area contributed by atoms with Gasteiger partial charge in [0.1, 0.15) is 27.6 Å². The van der Waals surface area contributed by atoms with E-state index in [0.717, 1.165) is 11.3 Å². The van der Waals surface area contributed by atoms with E-state index in [1.165, 1.54) is 14.2 Å². The lowest BCUT2D eigenvalue weighted by Gasteiger charge is -2.13. The zero-order valence-corrected chi connectivity index (χ0v) is 16.6. The van der Waals surface area contributed by atoms with Crippen molar-refractivity contribution in [3.05, 3.63) is 64.0 Å². The number of aromatic carboxylic acids is 1. The van der Waals surface area contributed by atoms with E-state index >= 15 is 0 Å². The van der Waals surface area contributed by atoms with Gasteiger partial charge in [0.2, 0.25) is 0 Å². The van der Waals surface area contributed by atoms with Crippen LogP contribution in [-0.2, 0) is 0 Å². The highest BCUT2D eigenvalue weighted by Gasteiger charge is 2.24. The first-order valence-electron chi connectivity index (χ1n) is 8.09. The number of benzene rings is 2. The number of anilines is 1. The lowest BCUT2D eigenvalue weighted by atomic mass is 10.0. The van der Waals surface area contributed by atoms with Gasteiger partial charge in [-0.25, -0.2) is 4.79 Å². The molecule has 2 aromatic carbocycles. The molecule has 0 aliphatic heterocycles. The number of carbonyl (C=O) groups is 2. The van der Waals surface area contributed by atoms with Crippen molar-refractivity contribution in [2.75, 3.05) is 19.5 Å². The van der Waals surface area contributed by atoms with Crippen LogP contribution in [0.5, 0.6) is 11.5 Å². The van der Waals surface area contributed by atoms with Gasteiger partial charge in [-0.1, -0.05) is 29.8 Å². The zero-order valence-electron chi connectivity index (χ0n) is 15.0. The molecule has 0 radical (unpaired) electrons. The van der Waals surface area contributed by atoms with E-state index in [9.17, 15) is 14.7 Å². The number of amides is 1. The standard InChI is InChI=1S/C20H16ClNO5S/c1-26-14-4-3-5-15(27-2)17(14)18(23)22-19-16(20(24)25)13(10-28-19)11-6-8-12(21)9-7-11/h3-10H,1-2H3,(H,22,23)(H,24,25). The molecule has 1 heterocycles. The van der Waals surface area contributed by atoms with Gasteiger partial charge in [0.05, 0.1) is 14.2 Å². The van der Waals surface area contributed by atoms with Crippen molar-refractivity contribution in [2.24, 2.45) is 0 Å². The number of carboxylic acids is 1. The summed E-state index contributed by atoms with van der Waals surface area (Å²) in [5, 5.41) is 14.8. The third kappa shape index (κ3) is 3.81. The van der Waals surface area contributed by atoms with E-state index in [-0.39, 0.29) is 16.1 Å². The highest BCUT2D eigenvalue weighted by Crippen LogP contribution is 2.37. The highest BCUT2D eigenvalue weighted by molar-refractivity contribution is 7.15. The molecule has 8 heteroatoms. The molecule has 0 atom stereocenters. The number of methoxy groups -OCH3 is 2. The lowest BCUT2D eigenvalue weighted by Crippen LogP contribution is -2.15. The second kappa shape index (κ2) is 8.33. The van der Waals surface area contributed by atoms with Crippen molar-refractivity contribution in [2.45, 2.75) is 0 Å². The first-order valence-corrected chi connectivity index (χ1v) is 9.35. The summed E-state index contributed by atoms with van der Waals surface area (Å²) in [5.41, 5.74) is 1.38. The largest absolute Gasteiger partial charge is 0.496 e. The van der Waals surface area contributed by atoms with Crippen LogP contribution in [0.15, 0.2) is 47.8 Å². The van der Waals surface area contributed by atoms with Crippen LogP contribution in [-0.4, -0.2) is 31.2 Å². The maximum atomic E-state index is 12.9. The fraction of sp³-hybridized carbons (Fsp3) is 0.100. The molecule has 6 nitrogen and oxygen atoms in total. The molecule has 0 saturated carbocycles. The van der Waals surface area contributed by atoms with E-state index in [1.807, 2.05) is 0 Å². The average Bonchev–Trinajstić information content (AvgIpc) is 3.11. The molecular weight excluding hydrogens is 402 g/mol. The molecule has 2 N–H and O–H groups in total. The highest BCUT2D eigenvalue weighted by atomic mass is 35.5. The van der Waals surface area contributed by atoms with Gasteiger partial charge in [-0.3, -0.25) is 4.79 Å². The lowest BCUT2D eigenvalue weighted by molar-refractivity contribution is 0.0699. The fourth-order valence-electron chi connectivity index (χ4n) is 2.74. The molecule has 0 aliphatic carbocycles. The van der Waals surface area contributed by atoms with Gasteiger partial charge in [0, 0.05) is 16.0 Å². The van der Waals surface area contributed by atoms with Crippen LogP contribution < -0.4 is 14.8 Å². The van der Waals surface area contributed by atoms with Crippen molar-refractivity contribution < 1.29 is 24.2 Å². The zero-order chi connectivity index (χ0) is 20.3. The predicted molar refractivity (Wildman–Crippen MR) is 109 cm³/mol. The topological polar surface area (TPSA) is 84.9 Å². The number of halogens is 1. The number of hydrogen-bond acceptors (Lipinski definition) is 5. The van der Waals surface area contributed by atoms with Gasteiger partial charge < -0.3 is 19.9 Å². The minimum Gasteiger partial charge on any atom is -0.496 e. The van der Waals surface area contributed by atoms with Crippen molar-refractivity contribution in [1.29, 1.82) is 0 Å². The Morgan fingerprint density at radius 1 is 1.00 bits per heavy atom. The Morgan fingerprint density at radius 2 is 1.61 bits per heavy atom. The summed E-state index contributed by atoms with van der Waals surface area (Å²) >= 11 is 7.03. The molecule has 28 heavy (non-hydrogen) atoms. The van der Waals surface area contributed by atoms with Crippen LogP contribution >= 0.6 is 22.9 Å². The fourth-order valence-corrected chi connectivity index (χ4v) is 3.83.